The van der Waals surface area contributed by atoms with Crippen LogP contribution in [0.5, 0.6) is 5.75 Å². The third-order valence-electron chi connectivity index (χ3n) is 2.63. The molecule has 3 rings (SSSR count). The van der Waals surface area contributed by atoms with E-state index in [1.807, 2.05) is 36.0 Å². The number of nitrogens with one attached hydrogen (secondary N) is 1. The van der Waals surface area contributed by atoms with Crippen LogP contribution in [0.2, 0.25) is 0 Å². The van der Waals surface area contributed by atoms with Crippen molar-refractivity contribution in [2.45, 2.75) is 12.5 Å². The lowest BCUT2D eigenvalue weighted by Crippen LogP contribution is -2.31. The molecular weight excluding hydrogens is 220 g/mol. The van der Waals surface area contributed by atoms with Crippen LogP contribution in [0.25, 0.3) is 0 Å². The van der Waals surface area contributed by atoms with E-state index >= 15 is 0 Å². The summed E-state index contributed by atoms with van der Waals surface area (Å²) in [5.41, 5.74) is 1.26. The first kappa shape index (κ1) is 9.66. The van der Waals surface area contributed by atoms with Crippen molar-refractivity contribution >= 4 is 16.3 Å². The molecule has 0 aromatic carbocycles. The molecule has 0 fully saturated rings. The Kier molecular flexibility index (Phi) is 2.50. The van der Waals surface area contributed by atoms with Gasteiger partial charge in [0.1, 0.15) is 11.1 Å². The number of rotatable bonds is 2. The van der Waals surface area contributed by atoms with Crippen LogP contribution in [0, 0.1) is 0 Å². The molecule has 82 valence electrons. The van der Waals surface area contributed by atoms with Crippen molar-refractivity contribution in [3.05, 3.63) is 41.5 Å². The molecule has 0 spiro atoms. The molecule has 1 N–H and O–H groups in total. The first-order valence-corrected chi connectivity index (χ1v) is 6.17. The van der Waals surface area contributed by atoms with Crippen LogP contribution >= 0.6 is 11.3 Å². The number of fused-ring (bicyclic) bond motifs is 1. The normalized spacial score (nSPS) is 18.4. The molecule has 4 heteroatoms. The Bertz CT molecular complexity index is 469. The molecule has 1 atom stereocenters. The van der Waals surface area contributed by atoms with Gasteiger partial charge in [-0.3, -0.25) is 4.98 Å². The van der Waals surface area contributed by atoms with Gasteiger partial charge in [-0.2, -0.15) is 0 Å². The first-order chi connectivity index (χ1) is 7.92. The Labute approximate surface area is 98.1 Å². The summed E-state index contributed by atoms with van der Waals surface area (Å²) in [6.07, 6.45) is 4.78. The molecule has 1 aliphatic heterocycles. The SMILES string of the molecule is c1cc(CC2CNc3sccc3O2)ccn1. The van der Waals surface area contributed by atoms with E-state index in [9.17, 15) is 0 Å². The average Bonchev–Trinajstić information content (AvgIpc) is 2.77. The summed E-state index contributed by atoms with van der Waals surface area (Å²) in [6, 6.07) is 6.09. The topological polar surface area (TPSA) is 34.1 Å². The van der Waals surface area contributed by atoms with E-state index in [1.165, 1.54) is 5.56 Å². The van der Waals surface area contributed by atoms with Crippen molar-refractivity contribution in [2.75, 3.05) is 11.9 Å². The fraction of sp³-hybridized carbons (Fsp3) is 0.250. The molecule has 2 aromatic heterocycles. The fourth-order valence-corrected chi connectivity index (χ4v) is 2.57. The van der Waals surface area contributed by atoms with E-state index < -0.39 is 0 Å². The lowest BCUT2D eigenvalue weighted by Gasteiger charge is -2.25. The highest BCUT2D eigenvalue weighted by Gasteiger charge is 2.20. The summed E-state index contributed by atoms with van der Waals surface area (Å²) in [5, 5.41) is 6.58. The molecule has 3 nitrogen and oxygen atoms in total. The van der Waals surface area contributed by atoms with Crippen molar-refractivity contribution in [1.29, 1.82) is 0 Å². The second kappa shape index (κ2) is 4.14. The summed E-state index contributed by atoms with van der Waals surface area (Å²) in [5.74, 6) is 0.982. The molecule has 0 radical (unpaired) electrons. The predicted molar refractivity (Wildman–Crippen MR) is 65.2 cm³/mol. The molecule has 1 unspecified atom stereocenters. The molecule has 3 heterocycles. The summed E-state index contributed by atoms with van der Waals surface area (Å²) in [4.78, 5) is 4.01. The summed E-state index contributed by atoms with van der Waals surface area (Å²) >= 11 is 1.69. The lowest BCUT2D eigenvalue weighted by atomic mass is 10.1. The summed E-state index contributed by atoms with van der Waals surface area (Å²) in [7, 11) is 0. The minimum Gasteiger partial charge on any atom is -0.485 e. The van der Waals surface area contributed by atoms with Gasteiger partial charge in [0.2, 0.25) is 0 Å². The van der Waals surface area contributed by atoms with Gasteiger partial charge in [0.05, 0.1) is 6.54 Å². The number of ether oxygens (including phenoxy) is 1. The Morgan fingerprint density at radius 2 is 2.25 bits per heavy atom. The van der Waals surface area contributed by atoms with Gasteiger partial charge in [-0.05, 0) is 29.1 Å². The maximum atomic E-state index is 5.90. The zero-order chi connectivity index (χ0) is 10.8. The lowest BCUT2D eigenvalue weighted by molar-refractivity contribution is 0.208. The van der Waals surface area contributed by atoms with E-state index in [-0.39, 0.29) is 6.10 Å². The molecule has 0 saturated carbocycles. The quantitative estimate of drug-likeness (QED) is 0.864. The van der Waals surface area contributed by atoms with E-state index in [1.54, 1.807) is 11.3 Å². The van der Waals surface area contributed by atoms with Crippen molar-refractivity contribution in [2.24, 2.45) is 0 Å². The largest absolute Gasteiger partial charge is 0.485 e. The third kappa shape index (κ3) is 1.88. The maximum absolute atomic E-state index is 5.90. The van der Waals surface area contributed by atoms with Crippen LogP contribution in [0.3, 0.4) is 0 Å². The smallest absolute Gasteiger partial charge is 0.154 e. The Hall–Kier alpha value is -1.55. The Balaban J connectivity index is 1.71. The second-order valence-corrected chi connectivity index (χ2v) is 4.71. The Morgan fingerprint density at radius 1 is 1.38 bits per heavy atom. The fourth-order valence-electron chi connectivity index (χ4n) is 1.84. The zero-order valence-corrected chi connectivity index (χ0v) is 9.54. The Morgan fingerprint density at radius 3 is 3.12 bits per heavy atom. The molecule has 0 bridgehead atoms. The minimum atomic E-state index is 0.212. The first-order valence-electron chi connectivity index (χ1n) is 5.29. The number of hydrogen-bond donors (Lipinski definition) is 1. The van der Waals surface area contributed by atoms with Gasteiger partial charge >= 0.3 is 0 Å². The highest BCUT2D eigenvalue weighted by molar-refractivity contribution is 7.14. The average molecular weight is 232 g/mol. The molecule has 0 amide bonds. The van der Waals surface area contributed by atoms with Gasteiger partial charge in [0.25, 0.3) is 0 Å². The molecule has 0 aliphatic carbocycles. The molecule has 1 aliphatic rings. The second-order valence-electron chi connectivity index (χ2n) is 3.79. The van der Waals surface area contributed by atoms with E-state index in [2.05, 4.69) is 10.3 Å². The zero-order valence-electron chi connectivity index (χ0n) is 8.72. The van der Waals surface area contributed by atoms with Crippen LogP contribution < -0.4 is 10.1 Å². The van der Waals surface area contributed by atoms with Gasteiger partial charge < -0.3 is 10.1 Å². The van der Waals surface area contributed by atoms with Crippen molar-refractivity contribution in [3.63, 3.8) is 0 Å². The standard InChI is InChI=1S/C12H12N2OS/c1-4-13-5-2-9(1)7-10-8-14-12-11(15-10)3-6-16-12/h1-6,10,14H,7-8H2. The summed E-state index contributed by atoms with van der Waals surface area (Å²) in [6.45, 7) is 0.871. The number of aromatic nitrogens is 1. The number of hydrogen-bond acceptors (Lipinski definition) is 4. The third-order valence-corrected chi connectivity index (χ3v) is 3.48. The monoisotopic (exact) mass is 232 g/mol. The van der Waals surface area contributed by atoms with E-state index in [0.29, 0.717) is 0 Å². The van der Waals surface area contributed by atoms with E-state index in [4.69, 9.17) is 4.74 Å². The van der Waals surface area contributed by atoms with Crippen molar-refractivity contribution in [1.82, 2.24) is 4.98 Å². The van der Waals surface area contributed by atoms with Crippen LogP contribution in [0.1, 0.15) is 5.56 Å². The molecule has 2 aromatic rings. The highest BCUT2D eigenvalue weighted by Crippen LogP contribution is 2.34. The van der Waals surface area contributed by atoms with Crippen LogP contribution in [-0.4, -0.2) is 17.6 Å². The van der Waals surface area contributed by atoms with Gasteiger partial charge in [0, 0.05) is 18.8 Å². The van der Waals surface area contributed by atoms with Gasteiger partial charge in [0.15, 0.2) is 5.75 Å². The number of nitrogens with zero attached hydrogens (tertiary/aromatic N) is 1. The molecular formula is C12H12N2OS. The van der Waals surface area contributed by atoms with Crippen molar-refractivity contribution < 1.29 is 4.74 Å². The highest BCUT2D eigenvalue weighted by atomic mass is 32.1. The van der Waals surface area contributed by atoms with Crippen LogP contribution in [0.15, 0.2) is 36.0 Å². The van der Waals surface area contributed by atoms with Gasteiger partial charge in [-0.1, -0.05) is 0 Å². The van der Waals surface area contributed by atoms with E-state index in [0.717, 1.165) is 23.7 Å². The van der Waals surface area contributed by atoms with Crippen LogP contribution in [0.4, 0.5) is 5.00 Å². The van der Waals surface area contributed by atoms with Crippen LogP contribution in [-0.2, 0) is 6.42 Å². The van der Waals surface area contributed by atoms with Crippen molar-refractivity contribution in [3.8, 4) is 5.75 Å². The molecule has 0 saturated heterocycles. The maximum Gasteiger partial charge on any atom is 0.154 e. The summed E-state index contributed by atoms with van der Waals surface area (Å²) < 4.78 is 5.90. The number of thiophene rings is 1. The van der Waals surface area contributed by atoms with Gasteiger partial charge in [-0.25, -0.2) is 0 Å². The number of anilines is 1. The van der Waals surface area contributed by atoms with Gasteiger partial charge in [-0.15, -0.1) is 11.3 Å². The minimum absolute atomic E-state index is 0.212. The predicted octanol–water partition coefficient (Wildman–Crippen LogP) is 2.56. The number of pyridine rings is 1. The molecule has 16 heavy (non-hydrogen) atoms.